The van der Waals surface area contributed by atoms with Crippen LogP contribution in [0.3, 0.4) is 0 Å². The van der Waals surface area contributed by atoms with Crippen LogP contribution in [0.25, 0.3) is 0 Å². The van der Waals surface area contributed by atoms with Crippen molar-refractivity contribution in [3.05, 3.63) is 132 Å². The Labute approximate surface area is 263 Å². The van der Waals surface area contributed by atoms with Crippen LogP contribution in [0.1, 0.15) is 52.6 Å². The molecule has 0 heterocycles. The van der Waals surface area contributed by atoms with Gasteiger partial charge in [0.25, 0.3) is 5.69 Å². The van der Waals surface area contributed by atoms with E-state index in [-0.39, 0.29) is 22.6 Å². The number of nitrogens with zero attached hydrogens (tertiary/aromatic N) is 2. The summed E-state index contributed by atoms with van der Waals surface area (Å²) >= 11 is 0. The predicted octanol–water partition coefficient (Wildman–Crippen LogP) is 5.09. The Morgan fingerprint density at radius 1 is 0.596 bits per heavy atom. The fraction of sp³-hybridized carbons (Fsp3) is 0.0667. The molecule has 0 fully saturated rings. The zero-order valence-corrected chi connectivity index (χ0v) is 24.3. The fourth-order valence-corrected chi connectivity index (χ4v) is 3.14. The second-order valence-electron chi connectivity index (χ2n) is 9.01. The number of phenols is 3. The van der Waals surface area contributed by atoms with Gasteiger partial charge in [-0.1, -0.05) is 23.8 Å². The van der Waals surface area contributed by atoms with Crippen LogP contribution in [-0.4, -0.2) is 69.5 Å². The summed E-state index contributed by atoms with van der Waals surface area (Å²) in [5.74, 6) is -5.59. The minimum Gasteiger partial charge on any atom is -0.508 e. The summed E-state index contributed by atoms with van der Waals surface area (Å²) in [4.78, 5) is 60.2. The molecule has 0 unspecified atom stereocenters. The van der Waals surface area contributed by atoms with Crippen LogP contribution >= 0.6 is 0 Å². The second kappa shape index (κ2) is 17.3. The van der Waals surface area contributed by atoms with Gasteiger partial charge in [-0.3, -0.25) is 20.2 Å². The normalized spacial score (nSPS) is 9.49. The van der Waals surface area contributed by atoms with Crippen molar-refractivity contribution in [1.82, 2.24) is 0 Å². The molecule has 4 rings (SSSR count). The number of phenolic OH excluding ortho intramolecular Hbond substituents is 2. The fourth-order valence-electron chi connectivity index (χ4n) is 3.14. The molecule has 0 aliphatic rings. The molecule has 0 bridgehead atoms. The van der Waals surface area contributed by atoms with E-state index < -0.39 is 56.4 Å². The van der Waals surface area contributed by atoms with E-state index in [1.54, 1.807) is 31.2 Å². The number of carboxylic acids is 4. The van der Waals surface area contributed by atoms with Gasteiger partial charge in [0.2, 0.25) is 5.75 Å². The summed E-state index contributed by atoms with van der Waals surface area (Å²) in [6.45, 7) is 3.58. The highest BCUT2D eigenvalue weighted by Gasteiger charge is 2.26. The first-order valence-electron chi connectivity index (χ1n) is 12.6. The van der Waals surface area contributed by atoms with Crippen molar-refractivity contribution in [2.75, 3.05) is 0 Å². The van der Waals surface area contributed by atoms with Crippen molar-refractivity contribution >= 4 is 35.3 Å². The molecular weight excluding hydrogens is 628 g/mol. The number of hydrogen-bond acceptors (Lipinski definition) is 11. The Kier molecular flexibility index (Phi) is 14.0. The molecule has 0 saturated heterocycles. The maximum Gasteiger partial charge on any atom is 0.340 e. The highest BCUT2D eigenvalue weighted by molar-refractivity contribution is 5.93. The second-order valence-corrected chi connectivity index (χ2v) is 9.01. The van der Waals surface area contributed by atoms with E-state index in [1.165, 1.54) is 42.5 Å². The van der Waals surface area contributed by atoms with Crippen molar-refractivity contribution in [2.45, 2.75) is 13.8 Å². The summed E-state index contributed by atoms with van der Waals surface area (Å²) in [5.41, 5.74) is -0.407. The molecule has 17 nitrogen and oxygen atoms in total. The molecule has 0 aromatic heterocycles. The van der Waals surface area contributed by atoms with E-state index in [0.29, 0.717) is 23.3 Å². The third-order valence-corrected chi connectivity index (χ3v) is 5.55. The van der Waals surface area contributed by atoms with Crippen LogP contribution in [-0.2, 0) is 0 Å². The summed E-state index contributed by atoms with van der Waals surface area (Å²) in [5, 5.41) is 81.8. The molecule has 47 heavy (non-hydrogen) atoms. The molecule has 17 heteroatoms. The monoisotopic (exact) mass is 654 g/mol. The van der Waals surface area contributed by atoms with Crippen LogP contribution in [0.4, 0.5) is 11.4 Å². The zero-order chi connectivity index (χ0) is 36.0. The summed E-state index contributed by atoms with van der Waals surface area (Å²) in [6, 6.07) is 17.5. The minimum atomic E-state index is -1.69. The number of nitro benzene ring substituents is 2. The first kappa shape index (κ1) is 38.0. The Morgan fingerprint density at radius 2 is 1.11 bits per heavy atom. The summed E-state index contributed by atoms with van der Waals surface area (Å²) < 4.78 is 0. The molecule has 4 aromatic rings. The van der Waals surface area contributed by atoms with Crippen LogP contribution in [0.15, 0.2) is 78.9 Å². The molecule has 4 aromatic carbocycles. The van der Waals surface area contributed by atoms with Crippen LogP contribution in [0.5, 0.6) is 17.2 Å². The van der Waals surface area contributed by atoms with E-state index in [1.807, 2.05) is 6.92 Å². The third-order valence-electron chi connectivity index (χ3n) is 5.55. The first-order chi connectivity index (χ1) is 21.8. The Morgan fingerprint density at radius 3 is 1.51 bits per heavy atom. The largest absolute Gasteiger partial charge is 0.508 e. The topological polar surface area (TPSA) is 296 Å². The number of aromatic carboxylic acids is 4. The lowest BCUT2D eigenvalue weighted by atomic mass is 10.1. The first-order valence-corrected chi connectivity index (χ1v) is 12.6. The van der Waals surface area contributed by atoms with Crippen LogP contribution < -0.4 is 0 Å². The molecule has 0 saturated carbocycles. The number of aromatic hydroxyl groups is 3. The van der Waals surface area contributed by atoms with Crippen molar-refractivity contribution in [3.63, 3.8) is 0 Å². The number of benzene rings is 4. The lowest BCUT2D eigenvalue weighted by molar-refractivity contribution is -0.394. The molecule has 0 amide bonds. The number of rotatable bonds is 6. The average Bonchev–Trinajstić information content (AvgIpc) is 2.99. The highest BCUT2D eigenvalue weighted by atomic mass is 16.6. The molecule has 0 aliphatic carbocycles. The van der Waals surface area contributed by atoms with Gasteiger partial charge >= 0.3 is 29.6 Å². The minimum absolute atomic E-state index is 0.0279. The number of non-ortho nitro benzene ring substituents is 1. The maximum absolute atomic E-state index is 10.6. The molecular formula is C30H26N2O15. The van der Waals surface area contributed by atoms with Gasteiger partial charge in [0, 0.05) is 6.07 Å². The smallest absolute Gasteiger partial charge is 0.340 e. The van der Waals surface area contributed by atoms with E-state index in [0.717, 1.165) is 5.56 Å². The van der Waals surface area contributed by atoms with Gasteiger partial charge in [0.15, 0.2) is 0 Å². The lowest BCUT2D eigenvalue weighted by Gasteiger charge is -2.00. The van der Waals surface area contributed by atoms with Gasteiger partial charge in [-0.15, -0.1) is 0 Å². The Balaban J connectivity index is 0.000000320. The van der Waals surface area contributed by atoms with E-state index in [9.17, 15) is 44.5 Å². The Hall–Kier alpha value is -7.04. The van der Waals surface area contributed by atoms with Gasteiger partial charge < -0.3 is 35.7 Å². The van der Waals surface area contributed by atoms with Gasteiger partial charge in [0.05, 0.1) is 32.6 Å². The number of carboxylic acid groups (broad SMARTS) is 4. The van der Waals surface area contributed by atoms with Crippen molar-refractivity contribution < 1.29 is 64.8 Å². The van der Waals surface area contributed by atoms with Gasteiger partial charge in [0.1, 0.15) is 17.1 Å². The van der Waals surface area contributed by atoms with Crippen molar-refractivity contribution in [2.24, 2.45) is 0 Å². The number of carbonyl (C=O) groups is 4. The van der Waals surface area contributed by atoms with Gasteiger partial charge in [-0.25, -0.2) is 19.2 Å². The number of nitro groups is 2. The van der Waals surface area contributed by atoms with Crippen molar-refractivity contribution in [1.29, 1.82) is 0 Å². The molecule has 0 radical (unpaired) electrons. The van der Waals surface area contributed by atoms with E-state index in [2.05, 4.69) is 0 Å². The molecule has 246 valence electrons. The Bertz CT molecular complexity index is 1770. The summed E-state index contributed by atoms with van der Waals surface area (Å²) in [6.07, 6.45) is 0. The van der Waals surface area contributed by atoms with Crippen molar-refractivity contribution in [3.8, 4) is 17.2 Å². The summed E-state index contributed by atoms with van der Waals surface area (Å²) in [7, 11) is 0. The van der Waals surface area contributed by atoms with Gasteiger partial charge in [-0.05, 0) is 67.9 Å². The molecule has 0 aliphatic heterocycles. The maximum atomic E-state index is 10.6. The third kappa shape index (κ3) is 12.2. The highest BCUT2D eigenvalue weighted by Crippen LogP contribution is 2.34. The quantitative estimate of drug-likeness (QED) is 0.105. The molecule has 7 N–H and O–H groups in total. The lowest BCUT2D eigenvalue weighted by Crippen LogP contribution is -2.02. The average molecular weight is 655 g/mol. The van der Waals surface area contributed by atoms with Crippen LogP contribution in [0, 0.1) is 34.1 Å². The zero-order valence-electron chi connectivity index (χ0n) is 24.3. The van der Waals surface area contributed by atoms with Gasteiger partial charge in [-0.2, -0.15) is 0 Å². The SMILES string of the molecule is Cc1cc(C(=O)O)ccc1O.Cc1ccc(C(=O)O)cc1.O=C(O)c1cc([N+](=O)[O-])cc([N+](=O)[O-])c1O.O=C(O)c1cccc(O)c1. The van der Waals surface area contributed by atoms with E-state index in [4.69, 9.17) is 30.6 Å². The number of aryl methyl sites for hydroxylation is 2. The predicted molar refractivity (Wildman–Crippen MR) is 161 cm³/mol. The number of hydrogen-bond donors (Lipinski definition) is 7. The standard InChI is InChI=1S/C8H8O3.C8H8O2.C7H4N2O7.C7H6O3/c1-5-4-6(8(10)11)2-3-7(5)9;1-6-2-4-7(5-3-6)8(9)10;10-6-4(7(11)12)1-3(8(13)14)2-5(6)9(15)16;8-6-3-1-2-5(4-6)7(9)10/h2-4,9H,1H3,(H,10,11);2-5H,1H3,(H,9,10);1-2,10H,(H,11,12);1-4,8H,(H,9,10). The molecule has 0 atom stereocenters. The van der Waals surface area contributed by atoms with E-state index >= 15 is 0 Å². The van der Waals surface area contributed by atoms with Crippen LogP contribution in [0.2, 0.25) is 0 Å². The molecule has 0 spiro atoms.